The maximum Gasteiger partial charge on any atom is 0.265 e. The number of ether oxygens (including phenoxy) is 1. The zero-order chi connectivity index (χ0) is 22.8. The van der Waals surface area contributed by atoms with E-state index >= 15 is 0 Å². The molecule has 0 aliphatic heterocycles. The molecule has 162 valence electrons. The van der Waals surface area contributed by atoms with Crippen LogP contribution in [-0.4, -0.2) is 22.1 Å². The van der Waals surface area contributed by atoms with Crippen LogP contribution in [0.2, 0.25) is 0 Å². The number of rotatable bonds is 5. The van der Waals surface area contributed by atoms with Crippen LogP contribution in [0.5, 0.6) is 5.75 Å². The molecule has 6 nitrogen and oxygen atoms in total. The number of nitrogens with zero attached hydrogens (tertiary/aromatic N) is 2. The number of aryl methyl sites for hydroxylation is 4. The first-order valence-electron chi connectivity index (χ1n) is 10.4. The van der Waals surface area contributed by atoms with Crippen molar-refractivity contribution in [2.75, 3.05) is 11.9 Å². The van der Waals surface area contributed by atoms with Gasteiger partial charge in [0.15, 0.2) is 6.61 Å². The minimum Gasteiger partial charge on any atom is -0.483 e. The van der Waals surface area contributed by atoms with Gasteiger partial charge < -0.3 is 10.1 Å². The van der Waals surface area contributed by atoms with E-state index < -0.39 is 0 Å². The highest BCUT2D eigenvalue weighted by molar-refractivity contribution is 5.92. The van der Waals surface area contributed by atoms with Crippen molar-refractivity contribution in [3.8, 4) is 11.4 Å². The van der Waals surface area contributed by atoms with Gasteiger partial charge in [0, 0.05) is 5.69 Å². The molecule has 4 rings (SSSR count). The van der Waals surface area contributed by atoms with E-state index in [4.69, 9.17) is 4.74 Å². The molecule has 4 aromatic rings. The van der Waals surface area contributed by atoms with Crippen molar-refractivity contribution in [2.45, 2.75) is 27.7 Å². The monoisotopic (exact) mass is 427 g/mol. The van der Waals surface area contributed by atoms with Crippen LogP contribution >= 0.6 is 0 Å². The number of anilines is 1. The fourth-order valence-electron chi connectivity index (χ4n) is 3.83. The van der Waals surface area contributed by atoms with Crippen LogP contribution in [0.25, 0.3) is 16.6 Å². The number of benzene rings is 3. The molecule has 0 saturated heterocycles. The highest BCUT2D eigenvalue weighted by Crippen LogP contribution is 2.23. The molecule has 0 aliphatic carbocycles. The molecule has 0 aliphatic rings. The van der Waals surface area contributed by atoms with Crippen molar-refractivity contribution in [1.29, 1.82) is 0 Å². The fraction of sp³-hybridized carbons (Fsp3) is 0.192. The smallest absolute Gasteiger partial charge is 0.265 e. The molecule has 1 heterocycles. The lowest BCUT2D eigenvalue weighted by atomic mass is 10.1. The van der Waals surface area contributed by atoms with Crippen LogP contribution < -0.4 is 15.6 Å². The first kappa shape index (κ1) is 21.3. The normalized spacial score (nSPS) is 10.9. The summed E-state index contributed by atoms with van der Waals surface area (Å²) in [4.78, 5) is 30.1. The average molecular weight is 428 g/mol. The Labute approximate surface area is 186 Å². The SMILES string of the molecule is Cc1cc(-n2c(C)nc3ccccc3c2=O)ccc1NC(=O)COc1c(C)cccc1C. The van der Waals surface area contributed by atoms with Gasteiger partial charge in [-0.15, -0.1) is 0 Å². The van der Waals surface area contributed by atoms with Gasteiger partial charge in [-0.25, -0.2) is 4.98 Å². The standard InChI is InChI=1S/C26H25N3O3/c1-16-8-7-9-17(2)25(16)32-15-24(30)28-22-13-12-20(14-18(22)3)29-19(4)27-23-11-6-5-10-21(23)26(29)31/h5-14H,15H2,1-4H3,(H,28,30). The number of carbonyl (C=O) groups excluding carboxylic acids is 1. The molecule has 0 spiro atoms. The van der Waals surface area contributed by atoms with E-state index in [0.29, 0.717) is 28.1 Å². The van der Waals surface area contributed by atoms with Crippen molar-refractivity contribution in [2.24, 2.45) is 0 Å². The van der Waals surface area contributed by atoms with Crippen LogP contribution in [0.15, 0.2) is 65.5 Å². The summed E-state index contributed by atoms with van der Waals surface area (Å²) >= 11 is 0. The molecule has 0 fully saturated rings. The Hall–Kier alpha value is -3.93. The van der Waals surface area contributed by atoms with Crippen molar-refractivity contribution in [3.63, 3.8) is 0 Å². The molecule has 1 aromatic heterocycles. The van der Waals surface area contributed by atoms with Crippen molar-refractivity contribution in [1.82, 2.24) is 9.55 Å². The minimum atomic E-state index is -0.246. The van der Waals surface area contributed by atoms with E-state index in [-0.39, 0.29) is 18.1 Å². The maximum atomic E-state index is 13.0. The number of nitrogens with one attached hydrogen (secondary N) is 1. The summed E-state index contributed by atoms with van der Waals surface area (Å²) in [5.41, 5.74) is 4.74. The summed E-state index contributed by atoms with van der Waals surface area (Å²) in [5.74, 6) is 1.09. The average Bonchev–Trinajstić information content (AvgIpc) is 2.75. The third-order valence-electron chi connectivity index (χ3n) is 5.44. The quantitative estimate of drug-likeness (QED) is 0.504. The van der Waals surface area contributed by atoms with Crippen LogP contribution in [0, 0.1) is 27.7 Å². The van der Waals surface area contributed by atoms with E-state index in [9.17, 15) is 9.59 Å². The predicted molar refractivity (Wildman–Crippen MR) is 127 cm³/mol. The number of carbonyl (C=O) groups is 1. The summed E-state index contributed by atoms with van der Waals surface area (Å²) in [6, 6.07) is 18.6. The van der Waals surface area contributed by atoms with E-state index in [1.54, 1.807) is 22.8 Å². The number of amides is 1. The lowest BCUT2D eigenvalue weighted by Crippen LogP contribution is -2.23. The zero-order valence-electron chi connectivity index (χ0n) is 18.6. The van der Waals surface area contributed by atoms with Gasteiger partial charge in [0.1, 0.15) is 11.6 Å². The zero-order valence-corrected chi connectivity index (χ0v) is 18.6. The molecule has 1 amide bonds. The first-order chi connectivity index (χ1) is 15.3. The molecule has 6 heteroatoms. The Morgan fingerprint density at radius 3 is 2.38 bits per heavy atom. The van der Waals surface area contributed by atoms with Crippen LogP contribution in [-0.2, 0) is 4.79 Å². The Morgan fingerprint density at radius 2 is 1.66 bits per heavy atom. The molecule has 0 bridgehead atoms. The van der Waals surface area contributed by atoms with Gasteiger partial charge in [0.25, 0.3) is 11.5 Å². The van der Waals surface area contributed by atoms with Gasteiger partial charge in [-0.3, -0.25) is 14.2 Å². The highest BCUT2D eigenvalue weighted by Gasteiger charge is 2.13. The Balaban J connectivity index is 1.55. The molecule has 3 aromatic carbocycles. The van der Waals surface area contributed by atoms with Gasteiger partial charge in [0.05, 0.1) is 16.6 Å². The Bertz CT molecular complexity index is 1370. The lowest BCUT2D eigenvalue weighted by Gasteiger charge is -2.15. The van der Waals surface area contributed by atoms with E-state index in [1.807, 2.05) is 70.2 Å². The molecular formula is C26H25N3O3. The molecule has 32 heavy (non-hydrogen) atoms. The second-order valence-corrected chi connectivity index (χ2v) is 7.87. The summed E-state index contributed by atoms with van der Waals surface area (Å²) in [6.07, 6.45) is 0. The molecule has 0 saturated carbocycles. The van der Waals surface area contributed by atoms with E-state index in [0.717, 1.165) is 22.4 Å². The molecule has 0 atom stereocenters. The third kappa shape index (κ3) is 4.12. The minimum absolute atomic E-state index is 0.0833. The summed E-state index contributed by atoms with van der Waals surface area (Å²) in [5, 5.41) is 3.46. The molecule has 0 radical (unpaired) electrons. The number of para-hydroxylation sites is 2. The van der Waals surface area contributed by atoms with Crippen molar-refractivity contribution >= 4 is 22.5 Å². The summed E-state index contributed by atoms with van der Waals surface area (Å²) in [7, 11) is 0. The second kappa shape index (κ2) is 8.67. The molecule has 1 N–H and O–H groups in total. The van der Waals surface area contributed by atoms with Gasteiger partial charge in [-0.2, -0.15) is 0 Å². The van der Waals surface area contributed by atoms with Gasteiger partial charge in [-0.05, 0) is 74.7 Å². The maximum absolute atomic E-state index is 13.0. The van der Waals surface area contributed by atoms with Crippen LogP contribution in [0.1, 0.15) is 22.5 Å². The van der Waals surface area contributed by atoms with Crippen molar-refractivity contribution < 1.29 is 9.53 Å². The van der Waals surface area contributed by atoms with Gasteiger partial charge >= 0.3 is 0 Å². The third-order valence-corrected chi connectivity index (χ3v) is 5.44. The number of fused-ring (bicyclic) bond motifs is 1. The first-order valence-corrected chi connectivity index (χ1v) is 10.4. The van der Waals surface area contributed by atoms with Gasteiger partial charge in [0.2, 0.25) is 0 Å². The lowest BCUT2D eigenvalue weighted by molar-refractivity contribution is -0.118. The van der Waals surface area contributed by atoms with Crippen LogP contribution in [0.4, 0.5) is 5.69 Å². The van der Waals surface area contributed by atoms with Gasteiger partial charge in [-0.1, -0.05) is 30.3 Å². The Kier molecular flexibility index (Phi) is 5.77. The van der Waals surface area contributed by atoms with E-state index in [1.165, 1.54) is 0 Å². The fourth-order valence-corrected chi connectivity index (χ4v) is 3.83. The largest absolute Gasteiger partial charge is 0.483 e. The second-order valence-electron chi connectivity index (χ2n) is 7.87. The van der Waals surface area contributed by atoms with Crippen LogP contribution in [0.3, 0.4) is 0 Å². The topological polar surface area (TPSA) is 73.2 Å². The summed E-state index contributed by atoms with van der Waals surface area (Å²) in [6.45, 7) is 7.52. The number of aromatic nitrogens is 2. The Morgan fingerprint density at radius 1 is 0.938 bits per heavy atom. The molecule has 0 unspecified atom stereocenters. The molecular weight excluding hydrogens is 402 g/mol. The summed E-state index contributed by atoms with van der Waals surface area (Å²) < 4.78 is 7.33. The number of hydrogen-bond donors (Lipinski definition) is 1. The predicted octanol–water partition coefficient (Wildman–Crippen LogP) is 4.64. The number of hydrogen-bond acceptors (Lipinski definition) is 4. The van der Waals surface area contributed by atoms with E-state index in [2.05, 4.69) is 10.3 Å². The highest BCUT2D eigenvalue weighted by atomic mass is 16.5. The van der Waals surface area contributed by atoms with Crippen molar-refractivity contribution in [3.05, 3.63) is 93.5 Å².